The van der Waals surface area contributed by atoms with Crippen LogP contribution in [0.1, 0.15) is 16.7 Å². The molecular weight excluding hydrogens is 429 g/mol. The first kappa shape index (κ1) is 22.3. The summed E-state index contributed by atoms with van der Waals surface area (Å²) in [4.78, 5) is -0.130. The summed E-state index contributed by atoms with van der Waals surface area (Å²) >= 11 is 0. The lowest BCUT2D eigenvalue weighted by molar-refractivity contribution is -0.248. The number of hydrogen-bond acceptors (Lipinski definition) is 4. The number of halogens is 3. The first-order valence-corrected chi connectivity index (χ1v) is 10.4. The average molecular weight is 446 g/mol. The number of alkyl halides is 3. The molecule has 0 aliphatic heterocycles. The minimum absolute atomic E-state index is 0.0868. The van der Waals surface area contributed by atoms with Gasteiger partial charge in [-0.2, -0.15) is 18.4 Å². The maximum absolute atomic E-state index is 13.8. The van der Waals surface area contributed by atoms with Crippen LogP contribution in [0, 0.1) is 11.3 Å². The number of aliphatic hydroxyl groups is 1. The first-order valence-electron chi connectivity index (χ1n) is 8.96. The highest BCUT2D eigenvalue weighted by molar-refractivity contribution is 7.92. The predicted octanol–water partition coefficient (Wildman–Crippen LogP) is 4.18. The molecule has 31 heavy (non-hydrogen) atoms. The fourth-order valence-corrected chi connectivity index (χ4v) is 4.35. The number of hydrogen-bond donors (Lipinski definition) is 1. The summed E-state index contributed by atoms with van der Waals surface area (Å²) in [6.45, 7) is 0. The lowest BCUT2D eigenvalue weighted by Gasteiger charge is -2.32. The van der Waals surface area contributed by atoms with Crippen LogP contribution in [0.3, 0.4) is 0 Å². The third-order valence-corrected chi connectivity index (χ3v) is 6.65. The van der Waals surface area contributed by atoms with Crippen molar-refractivity contribution < 1.29 is 26.7 Å². The maximum Gasteiger partial charge on any atom is 0.425 e. The summed E-state index contributed by atoms with van der Waals surface area (Å²) in [5, 5.41) is 19.6. The third-order valence-electron chi connectivity index (χ3n) is 4.87. The van der Waals surface area contributed by atoms with E-state index in [1.807, 2.05) is 6.07 Å². The van der Waals surface area contributed by atoms with E-state index in [0.717, 1.165) is 16.4 Å². The van der Waals surface area contributed by atoms with Gasteiger partial charge in [-0.1, -0.05) is 48.5 Å². The Labute approximate surface area is 177 Å². The SMILES string of the molecule is CN(c1ccc(C(O)(c2ccccc2)C(F)(F)F)cc1)S(=O)(=O)c1cccc(C#N)c1. The van der Waals surface area contributed by atoms with Crippen LogP contribution in [-0.4, -0.2) is 26.7 Å². The van der Waals surface area contributed by atoms with Crippen LogP contribution < -0.4 is 4.31 Å². The molecule has 0 saturated carbocycles. The van der Waals surface area contributed by atoms with Gasteiger partial charge in [0.15, 0.2) is 0 Å². The third kappa shape index (κ3) is 4.00. The molecule has 1 unspecified atom stereocenters. The van der Waals surface area contributed by atoms with Crippen LogP contribution in [0.4, 0.5) is 18.9 Å². The summed E-state index contributed by atoms with van der Waals surface area (Å²) < 4.78 is 68.1. The van der Waals surface area contributed by atoms with Crippen molar-refractivity contribution in [2.24, 2.45) is 0 Å². The van der Waals surface area contributed by atoms with E-state index in [4.69, 9.17) is 5.26 Å². The fraction of sp³-hybridized carbons (Fsp3) is 0.136. The molecule has 3 aromatic rings. The first-order chi connectivity index (χ1) is 14.5. The van der Waals surface area contributed by atoms with E-state index in [2.05, 4.69) is 0 Å². The Morgan fingerprint density at radius 1 is 0.903 bits per heavy atom. The molecule has 5 nitrogen and oxygen atoms in total. The van der Waals surface area contributed by atoms with E-state index in [-0.39, 0.29) is 21.7 Å². The van der Waals surface area contributed by atoms with E-state index in [9.17, 15) is 26.7 Å². The van der Waals surface area contributed by atoms with Gasteiger partial charge in [0.05, 0.1) is 22.2 Å². The van der Waals surface area contributed by atoms with Gasteiger partial charge in [-0.3, -0.25) is 4.31 Å². The van der Waals surface area contributed by atoms with Gasteiger partial charge >= 0.3 is 6.18 Å². The standard InChI is InChI=1S/C22H17F3N2O3S/c1-27(31(29,30)20-9-5-6-16(14-20)15-26)19-12-10-18(11-13-19)21(28,22(23,24)25)17-7-3-2-4-8-17/h2-14,28H,1H3. The summed E-state index contributed by atoms with van der Waals surface area (Å²) in [5.41, 5.74) is -3.82. The topological polar surface area (TPSA) is 81.4 Å². The predicted molar refractivity (Wildman–Crippen MR) is 109 cm³/mol. The van der Waals surface area contributed by atoms with Gasteiger partial charge in [-0.05, 0) is 41.5 Å². The van der Waals surface area contributed by atoms with Crippen molar-refractivity contribution in [3.63, 3.8) is 0 Å². The van der Waals surface area contributed by atoms with E-state index in [0.29, 0.717) is 0 Å². The second-order valence-electron chi connectivity index (χ2n) is 6.73. The molecule has 1 atom stereocenters. The van der Waals surface area contributed by atoms with Crippen molar-refractivity contribution in [1.29, 1.82) is 5.26 Å². The van der Waals surface area contributed by atoms with Crippen molar-refractivity contribution in [2.75, 3.05) is 11.4 Å². The molecule has 3 rings (SSSR count). The Balaban J connectivity index is 2.01. The Bertz CT molecular complexity index is 1220. The molecule has 9 heteroatoms. The molecule has 1 N–H and O–H groups in total. The largest absolute Gasteiger partial charge is 0.425 e. The molecule has 0 fully saturated rings. The fourth-order valence-electron chi connectivity index (χ4n) is 3.11. The Morgan fingerprint density at radius 3 is 2.03 bits per heavy atom. The quantitative estimate of drug-likeness (QED) is 0.638. The second-order valence-corrected chi connectivity index (χ2v) is 8.70. The van der Waals surface area contributed by atoms with Crippen molar-refractivity contribution >= 4 is 15.7 Å². The summed E-state index contributed by atoms with van der Waals surface area (Å²) in [7, 11) is -2.81. The molecule has 0 aromatic heterocycles. The summed E-state index contributed by atoms with van der Waals surface area (Å²) in [6.07, 6.45) is -5.01. The zero-order chi connectivity index (χ0) is 22.9. The van der Waals surface area contributed by atoms with Crippen LogP contribution in [0.2, 0.25) is 0 Å². The molecule has 160 valence electrons. The van der Waals surface area contributed by atoms with Gasteiger partial charge in [0.2, 0.25) is 5.60 Å². The van der Waals surface area contributed by atoms with Crippen LogP contribution in [-0.2, 0) is 15.6 Å². The highest BCUT2D eigenvalue weighted by atomic mass is 32.2. The van der Waals surface area contributed by atoms with Crippen molar-refractivity contribution in [1.82, 2.24) is 0 Å². The monoisotopic (exact) mass is 446 g/mol. The van der Waals surface area contributed by atoms with Crippen LogP contribution >= 0.6 is 0 Å². The van der Waals surface area contributed by atoms with Gasteiger partial charge in [0, 0.05) is 7.05 Å². The highest BCUT2D eigenvalue weighted by Gasteiger charge is 2.56. The molecule has 0 aliphatic rings. The lowest BCUT2D eigenvalue weighted by Crippen LogP contribution is -2.43. The number of nitriles is 1. The van der Waals surface area contributed by atoms with E-state index < -0.39 is 27.4 Å². The zero-order valence-electron chi connectivity index (χ0n) is 16.2. The highest BCUT2D eigenvalue weighted by Crippen LogP contribution is 2.44. The second kappa shape index (κ2) is 8.06. The molecule has 3 aromatic carbocycles. The smallest absolute Gasteiger partial charge is 0.372 e. The molecule has 0 saturated heterocycles. The summed E-state index contributed by atoms with van der Waals surface area (Å²) in [5.74, 6) is 0. The molecule has 0 radical (unpaired) electrons. The Morgan fingerprint density at radius 2 is 1.48 bits per heavy atom. The van der Waals surface area contributed by atoms with E-state index in [1.165, 1.54) is 73.8 Å². The van der Waals surface area contributed by atoms with E-state index in [1.54, 1.807) is 0 Å². The number of rotatable bonds is 5. The van der Waals surface area contributed by atoms with Crippen molar-refractivity contribution in [3.05, 3.63) is 95.6 Å². The summed E-state index contributed by atoms with van der Waals surface area (Å²) in [6, 6.07) is 18.3. The van der Waals surface area contributed by atoms with Crippen LogP contribution in [0.15, 0.2) is 83.8 Å². The van der Waals surface area contributed by atoms with Crippen molar-refractivity contribution in [3.8, 4) is 6.07 Å². The normalized spacial score (nSPS) is 13.8. The number of sulfonamides is 1. The van der Waals surface area contributed by atoms with Gasteiger partial charge in [-0.15, -0.1) is 0 Å². The number of nitrogens with zero attached hydrogens (tertiary/aromatic N) is 2. The molecule has 0 bridgehead atoms. The Hall–Kier alpha value is -3.35. The minimum Gasteiger partial charge on any atom is -0.372 e. The average Bonchev–Trinajstić information content (AvgIpc) is 2.78. The van der Waals surface area contributed by atoms with Crippen LogP contribution in [0.25, 0.3) is 0 Å². The zero-order valence-corrected chi connectivity index (χ0v) is 17.0. The van der Waals surface area contributed by atoms with Gasteiger partial charge in [0.1, 0.15) is 0 Å². The Kier molecular flexibility index (Phi) is 5.81. The lowest BCUT2D eigenvalue weighted by atomic mass is 9.85. The molecule has 0 amide bonds. The molecular formula is C22H17F3N2O3S. The molecule has 0 aliphatic carbocycles. The van der Waals surface area contributed by atoms with Gasteiger partial charge in [-0.25, -0.2) is 8.42 Å². The number of anilines is 1. The maximum atomic E-state index is 13.8. The van der Waals surface area contributed by atoms with Gasteiger partial charge < -0.3 is 5.11 Å². The number of benzene rings is 3. The van der Waals surface area contributed by atoms with Crippen molar-refractivity contribution in [2.45, 2.75) is 16.7 Å². The molecule has 0 spiro atoms. The van der Waals surface area contributed by atoms with E-state index >= 15 is 0 Å². The van der Waals surface area contributed by atoms with Crippen LogP contribution in [0.5, 0.6) is 0 Å². The molecule has 0 heterocycles. The van der Waals surface area contributed by atoms with Gasteiger partial charge in [0.25, 0.3) is 10.0 Å². The minimum atomic E-state index is -5.01.